The van der Waals surface area contributed by atoms with Crippen molar-refractivity contribution in [3.8, 4) is 0 Å². The number of piperidine rings is 1. The number of rotatable bonds is 1. The van der Waals surface area contributed by atoms with Crippen molar-refractivity contribution in [2.75, 3.05) is 0 Å². The lowest BCUT2D eigenvalue weighted by Crippen LogP contribution is -2.55. The molecule has 2 saturated heterocycles. The molecular formula is C13H19NO5. The fourth-order valence-electron chi connectivity index (χ4n) is 2.91. The van der Waals surface area contributed by atoms with Gasteiger partial charge in [0.25, 0.3) is 0 Å². The molecule has 0 spiro atoms. The smallest absolute Gasteiger partial charge is 0.410 e. The minimum absolute atomic E-state index is 0.118. The Morgan fingerprint density at radius 3 is 2.47 bits per heavy atom. The van der Waals surface area contributed by atoms with Crippen LogP contribution in [0.3, 0.4) is 0 Å². The van der Waals surface area contributed by atoms with Gasteiger partial charge in [-0.1, -0.05) is 0 Å². The fraction of sp³-hybridized carbons (Fsp3) is 0.769. The van der Waals surface area contributed by atoms with Crippen molar-refractivity contribution in [2.45, 2.75) is 57.7 Å². The van der Waals surface area contributed by atoms with E-state index in [0.717, 1.165) is 0 Å². The van der Waals surface area contributed by atoms with Gasteiger partial charge in [0.1, 0.15) is 11.5 Å². The van der Waals surface area contributed by atoms with Crippen LogP contribution in [-0.2, 0) is 14.3 Å². The van der Waals surface area contributed by atoms with Crippen molar-refractivity contribution in [3.05, 3.63) is 0 Å². The first kappa shape index (κ1) is 13.8. The molecule has 0 aromatic heterocycles. The van der Waals surface area contributed by atoms with Gasteiger partial charge in [-0.3, -0.25) is 9.59 Å². The van der Waals surface area contributed by atoms with E-state index in [4.69, 9.17) is 9.84 Å². The number of amides is 1. The molecule has 2 aliphatic rings. The summed E-state index contributed by atoms with van der Waals surface area (Å²) in [5, 5.41) is 9.16. The first-order valence-corrected chi connectivity index (χ1v) is 6.47. The number of nitrogens with zero attached hydrogens (tertiary/aromatic N) is 1. The van der Waals surface area contributed by atoms with Gasteiger partial charge >= 0.3 is 12.1 Å². The third-order valence-electron chi connectivity index (χ3n) is 3.59. The largest absolute Gasteiger partial charge is 0.481 e. The van der Waals surface area contributed by atoms with Gasteiger partial charge in [0.15, 0.2) is 5.78 Å². The molecule has 106 valence electrons. The van der Waals surface area contributed by atoms with Gasteiger partial charge in [0.2, 0.25) is 0 Å². The predicted octanol–water partition coefficient (Wildman–Crippen LogP) is 1.43. The quantitative estimate of drug-likeness (QED) is 0.728. The lowest BCUT2D eigenvalue weighted by Gasteiger charge is -2.38. The molecule has 0 aromatic carbocycles. The van der Waals surface area contributed by atoms with E-state index in [1.807, 2.05) is 0 Å². The van der Waals surface area contributed by atoms with Gasteiger partial charge in [0.05, 0.1) is 6.04 Å². The summed E-state index contributed by atoms with van der Waals surface area (Å²) in [5.74, 6) is -2.53. The van der Waals surface area contributed by atoms with E-state index in [9.17, 15) is 14.4 Å². The maximum Gasteiger partial charge on any atom is 0.410 e. The van der Waals surface area contributed by atoms with Gasteiger partial charge in [-0.05, 0) is 33.6 Å². The number of fused-ring (bicyclic) bond motifs is 2. The Balaban J connectivity index is 2.21. The molecule has 0 radical (unpaired) electrons. The summed E-state index contributed by atoms with van der Waals surface area (Å²) in [7, 11) is 0. The van der Waals surface area contributed by atoms with E-state index < -0.39 is 29.6 Å². The molecule has 2 fully saturated rings. The van der Waals surface area contributed by atoms with Gasteiger partial charge in [0, 0.05) is 12.5 Å². The number of carbonyl (C=O) groups is 3. The molecule has 1 N–H and O–H groups in total. The molecule has 3 atom stereocenters. The van der Waals surface area contributed by atoms with Crippen molar-refractivity contribution in [3.63, 3.8) is 0 Å². The van der Waals surface area contributed by atoms with Crippen LogP contribution in [0.1, 0.15) is 40.0 Å². The fourth-order valence-corrected chi connectivity index (χ4v) is 2.91. The molecule has 2 aliphatic heterocycles. The summed E-state index contributed by atoms with van der Waals surface area (Å²) in [4.78, 5) is 36.6. The number of ketones is 1. The van der Waals surface area contributed by atoms with Crippen LogP contribution < -0.4 is 0 Å². The van der Waals surface area contributed by atoms with E-state index >= 15 is 0 Å². The van der Waals surface area contributed by atoms with Crippen molar-refractivity contribution in [2.24, 2.45) is 5.92 Å². The Bertz CT molecular complexity index is 425. The monoisotopic (exact) mass is 269 g/mol. The summed E-state index contributed by atoms with van der Waals surface area (Å²) < 4.78 is 5.30. The molecule has 0 saturated carbocycles. The van der Waals surface area contributed by atoms with Crippen molar-refractivity contribution < 1.29 is 24.2 Å². The molecule has 2 heterocycles. The number of hydrogen-bond donors (Lipinski definition) is 1. The summed E-state index contributed by atoms with van der Waals surface area (Å²) in [6.45, 7) is 5.28. The van der Waals surface area contributed by atoms with Crippen molar-refractivity contribution >= 4 is 17.8 Å². The second kappa shape index (κ2) is 4.51. The molecule has 2 rings (SSSR count). The van der Waals surface area contributed by atoms with Crippen LogP contribution in [0.15, 0.2) is 0 Å². The minimum Gasteiger partial charge on any atom is -0.481 e. The van der Waals surface area contributed by atoms with Crippen molar-refractivity contribution in [1.82, 2.24) is 4.90 Å². The van der Waals surface area contributed by atoms with Crippen LogP contribution >= 0.6 is 0 Å². The summed E-state index contributed by atoms with van der Waals surface area (Å²) in [5.41, 5.74) is -0.628. The van der Waals surface area contributed by atoms with Crippen molar-refractivity contribution in [1.29, 1.82) is 0 Å². The highest BCUT2D eigenvalue weighted by Crippen LogP contribution is 2.38. The number of hydrogen-bond acceptors (Lipinski definition) is 4. The highest BCUT2D eigenvalue weighted by atomic mass is 16.6. The number of carboxylic acid groups (broad SMARTS) is 1. The third-order valence-corrected chi connectivity index (χ3v) is 3.59. The predicted molar refractivity (Wildman–Crippen MR) is 65.6 cm³/mol. The average Bonchev–Trinajstić information content (AvgIpc) is 2.51. The van der Waals surface area contributed by atoms with Gasteiger partial charge in [-0.25, -0.2) is 4.79 Å². The van der Waals surface area contributed by atoms with Crippen LogP contribution in [-0.4, -0.2) is 45.5 Å². The first-order chi connectivity index (χ1) is 8.70. The molecule has 2 bridgehead atoms. The number of Topliss-reactive ketones (excluding diaryl/α,β-unsaturated/α-hetero) is 1. The molecule has 1 amide bonds. The lowest BCUT2D eigenvalue weighted by atomic mass is 9.89. The van der Waals surface area contributed by atoms with Gasteiger partial charge in [-0.15, -0.1) is 0 Å². The molecule has 6 heteroatoms. The zero-order chi connectivity index (χ0) is 14.4. The third kappa shape index (κ3) is 2.57. The van der Waals surface area contributed by atoms with E-state index in [-0.39, 0.29) is 18.2 Å². The van der Waals surface area contributed by atoms with E-state index in [2.05, 4.69) is 0 Å². The van der Waals surface area contributed by atoms with Crippen LogP contribution in [0, 0.1) is 5.92 Å². The lowest BCUT2D eigenvalue weighted by molar-refractivity contribution is -0.151. The molecule has 19 heavy (non-hydrogen) atoms. The second-order valence-corrected chi connectivity index (χ2v) is 6.17. The van der Waals surface area contributed by atoms with Crippen LogP contribution in [0.2, 0.25) is 0 Å². The van der Waals surface area contributed by atoms with Gasteiger partial charge in [-0.2, -0.15) is 0 Å². The Kier molecular flexibility index (Phi) is 3.28. The molecule has 0 aliphatic carbocycles. The highest BCUT2D eigenvalue weighted by molar-refractivity contribution is 6.01. The SMILES string of the molecule is CC(C)(C)OC(=O)N1[C@H]2CC[C@@H]1C(C(=O)O)C(=O)C2. The van der Waals surface area contributed by atoms with E-state index in [1.54, 1.807) is 20.8 Å². The summed E-state index contributed by atoms with van der Waals surface area (Å²) >= 11 is 0. The second-order valence-electron chi connectivity index (χ2n) is 6.17. The number of carboxylic acids is 1. The maximum absolute atomic E-state index is 12.1. The Hall–Kier alpha value is -1.59. The normalized spacial score (nSPS) is 30.4. The van der Waals surface area contributed by atoms with Crippen LogP contribution in [0.25, 0.3) is 0 Å². The topological polar surface area (TPSA) is 83.9 Å². The van der Waals surface area contributed by atoms with E-state index in [0.29, 0.717) is 12.8 Å². The zero-order valence-electron chi connectivity index (χ0n) is 11.4. The first-order valence-electron chi connectivity index (χ1n) is 6.47. The number of carbonyl (C=O) groups excluding carboxylic acids is 2. The van der Waals surface area contributed by atoms with E-state index in [1.165, 1.54) is 4.90 Å². The minimum atomic E-state index is -1.15. The van der Waals surface area contributed by atoms with Crippen LogP contribution in [0.5, 0.6) is 0 Å². The average molecular weight is 269 g/mol. The molecule has 0 aromatic rings. The molecule has 6 nitrogen and oxygen atoms in total. The molecule has 1 unspecified atom stereocenters. The summed E-state index contributed by atoms with van der Waals surface area (Å²) in [6, 6.07) is -0.762. The highest BCUT2D eigenvalue weighted by Gasteiger charge is 2.52. The Morgan fingerprint density at radius 1 is 1.32 bits per heavy atom. The Morgan fingerprint density at radius 2 is 1.95 bits per heavy atom. The van der Waals surface area contributed by atoms with Crippen LogP contribution in [0.4, 0.5) is 4.79 Å². The Labute approximate surface area is 111 Å². The standard InChI is InChI=1S/C13H19NO5/c1-13(2,3)19-12(18)14-7-4-5-8(14)10(11(16)17)9(15)6-7/h7-8,10H,4-6H2,1-3H3,(H,16,17)/t7-,8+,10?/m0/s1. The summed E-state index contributed by atoms with van der Waals surface area (Å²) in [6.07, 6.45) is 0.817. The molecular weight excluding hydrogens is 250 g/mol. The number of ether oxygens (including phenoxy) is 1. The van der Waals surface area contributed by atoms with Gasteiger partial charge < -0.3 is 14.7 Å². The zero-order valence-corrected chi connectivity index (χ0v) is 11.4. The number of aliphatic carboxylic acids is 1. The maximum atomic E-state index is 12.1.